The number of hydrogen-bond donors (Lipinski definition) is 2. The zero-order chi connectivity index (χ0) is 13.2. The van der Waals surface area contributed by atoms with E-state index in [0.29, 0.717) is 5.56 Å². The van der Waals surface area contributed by atoms with Crippen LogP contribution in [-0.4, -0.2) is 23.2 Å². The van der Waals surface area contributed by atoms with Crippen LogP contribution in [0.2, 0.25) is 0 Å². The summed E-state index contributed by atoms with van der Waals surface area (Å²) in [6, 6.07) is 5.07. The molecule has 0 spiro atoms. The fraction of sp³-hybridized carbons (Fsp3) is 0.538. The van der Waals surface area contributed by atoms with Crippen LogP contribution >= 0.6 is 0 Å². The standard InChI is InChI=1S/C13H18N2O3/c1-10-8-11(2-3-12(10)15(17)18)14-9-13(4-5-13)6-7-16/h2-3,8,14,16H,4-7,9H2,1H3. The third-order valence-corrected chi connectivity index (χ3v) is 3.66. The molecular formula is C13H18N2O3. The van der Waals surface area contributed by atoms with E-state index in [0.717, 1.165) is 31.5 Å². The first-order chi connectivity index (χ1) is 8.56. The van der Waals surface area contributed by atoms with Crippen molar-refractivity contribution in [1.29, 1.82) is 0 Å². The van der Waals surface area contributed by atoms with Crippen LogP contribution in [-0.2, 0) is 0 Å². The molecule has 0 atom stereocenters. The lowest BCUT2D eigenvalue weighted by atomic mass is 10.0. The summed E-state index contributed by atoms with van der Waals surface area (Å²) in [6.45, 7) is 2.79. The Morgan fingerprint density at radius 1 is 1.50 bits per heavy atom. The van der Waals surface area contributed by atoms with Crippen molar-refractivity contribution in [3.05, 3.63) is 33.9 Å². The Balaban J connectivity index is 1.98. The van der Waals surface area contributed by atoms with Gasteiger partial charge < -0.3 is 10.4 Å². The number of hydrogen-bond acceptors (Lipinski definition) is 4. The molecule has 5 heteroatoms. The summed E-state index contributed by atoms with van der Waals surface area (Å²) in [4.78, 5) is 10.3. The first kappa shape index (κ1) is 12.8. The highest BCUT2D eigenvalue weighted by Gasteiger charge is 2.41. The second-order valence-electron chi connectivity index (χ2n) is 5.09. The van der Waals surface area contributed by atoms with E-state index in [-0.39, 0.29) is 22.6 Å². The summed E-state index contributed by atoms with van der Waals surface area (Å²) in [5.74, 6) is 0. The molecule has 0 heterocycles. The van der Waals surface area contributed by atoms with Gasteiger partial charge in [0.25, 0.3) is 5.69 Å². The van der Waals surface area contributed by atoms with Crippen molar-refractivity contribution in [3.63, 3.8) is 0 Å². The minimum atomic E-state index is -0.368. The number of anilines is 1. The van der Waals surface area contributed by atoms with E-state index in [1.165, 1.54) is 6.07 Å². The number of aliphatic hydroxyl groups excluding tert-OH is 1. The zero-order valence-electron chi connectivity index (χ0n) is 10.5. The molecule has 2 N–H and O–H groups in total. The summed E-state index contributed by atoms with van der Waals surface area (Å²) >= 11 is 0. The maximum absolute atomic E-state index is 10.7. The van der Waals surface area contributed by atoms with Crippen LogP contribution in [0, 0.1) is 22.5 Å². The van der Waals surface area contributed by atoms with Crippen LogP contribution in [0.4, 0.5) is 11.4 Å². The van der Waals surface area contributed by atoms with Gasteiger partial charge in [0, 0.05) is 30.5 Å². The maximum atomic E-state index is 10.7. The number of aryl methyl sites for hydroxylation is 1. The van der Waals surface area contributed by atoms with Crippen LogP contribution in [0.3, 0.4) is 0 Å². The molecule has 1 saturated carbocycles. The van der Waals surface area contributed by atoms with Crippen molar-refractivity contribution < 1.29 is 10.0 Å². The molecule has 98 valence electrons. The Morgan fingerprint density at radius 3 is 2.72 bits per heavy atom. The van der Waals surface area contributed by atoms with Gasteiger partial charge in [-0.1, -0.05) is 0 Å². The van der Waals surface area contributed by atoms with Crippen molar-refractivity contribution in [2.75, 3.05) is 18.5 Å². The van der Waals surface area contributed by atoms with E-state index < -0.39 is 0 Å². The molecular weight excluding hydrogens is 232 g/mol. The van der Waals surface area contributed by atoms with Crippen LogP contribution in [0.15, 0.2) is 18.2 Å². The van der Waals surface area contributed by atoms with Gasteiger partial charge in [-0.3, -0.25) is 10.1 Å². The molecule has 0 aromatic heterocycles. The smallest absolute Gasteiger partial charge is 0.272 e. The molecule has 0 aliphatic heterocycles. The third-order valence-electron chi connectivity index (χ3n) is 3.66. The van der Waals surface area contributed by atoms with Crippen LogP contribution < -0.4 is 5.32 Å². The summed E-state index contributed by atoms with van der Waals surface area (Å²) in [7, 11) is 0. The number of benzene rings is 1. The molecule has 1 aliphatic rings. The molecule has 1 aromatic rings. The van der Waals surface area contributed by atoms with Crippen LogP contribution in [0.1, 0.15) is 24.8 Å². The normalized spacial score (nSPS) is 16.3. The molecule has 0 radical (unpaired) electrons. The van der Waals surface area contributed by atoms with Crippen molar-refractivity contribution >= 4 is 11.4 Å². The van der Waals surface area contributed by atoms with E-state index in [2.05, 4.69) is 5.32 Å². The first-order valence-electron chi connectivity index (χ1n) is 6.16. The van der Waals surface area contributed by atoms with E-state index in [1.54, 1.807) is 19.1 Å². The van der Waals surface area contributed by atoms with Gasteiger partial charge in [-0.25, -0.2) is 0 Å². The van der Waals surface area contributed by atoms with Crippen molar-refractivity contribution in [2.24, 2.45) is 5.41 Å². The molecule has 1 aromatic carbocycles. The lowest BCUT2D eigenvalue weighted by Gasteiger charge is -2.15. The highest BCUT2D eigenvalue weighted by molar-refractivity contribution is 5.53. The van der Waals surface area contributed by atoms with Gasteiger partial charge in [0.15, 0.2) is 0 Å². The minimum absolute atomic E-state index is 0.150. The number of nitrogens with zero attached hydrogens (tertiary/aromatic N) is 1. The lowest BCUT2D eigenvalue weighted by Crippen LogP contribution is -2.16. The third kappa shape index (κ3) is 2.79. The first-order valence-corrected chi connectivity index (χ1v) is 6.16. The summed E-state index contributed by atoms with van der Waals surface area (Å²) in [5.41, 5.74) is 1.96. The molecule has 0 bridgehead atoms. The molecule has 5 nitrogen and oxygen atoms in total. The molecule has 18 heavy (non-hydrogen) atoms. The lowest BCUT2D eigenvalue weighted by molar-refractivity contribution is -0.385. The number of aliphatic hydroxyl groups is 1. The Bertz CT molecular complexity index is 456. The average molecular weight is 250 g/mol. The van der Waals surface area contributed by atoms with Crippen molar-refractivity contribution in [1.82, 2.24) is 0 Å². The van der Waals surface area contributed by atoms with Gasteiger partial charge in [-0.2, -0.15) is 0 Å². The van der Waals surface area contributed by atoms with Crippen molar-refractivity contribution in [3.8, 4) is 0 Å². The molecule has 0 amide bonds. The second kappa shape index (κ2) is 4.94. The minimum Gasteiger partial charge on any atom is -0.396 e. The zero-order valence-corrected chi connectivity index (χ0v) is 10.5. The molecule has 1 fully saturated rings. The van der Waals surface area contributed by atoms with Gasteiger partial charge >= 0.3 is 0 Å². The predicted octanol–water partition coefficient (Wildman–Crippen LogP) is 2.48. The topological polar surface area (TPSA) is 75.4 Å². The predicted molar refractivity (Wildman–Crippen MR) is 69.7 cm³/mol. The molecule has 1 aliphatic carbocycles. The van der Waals surface area contributed by atoms with Crippen LogP contribution in [0.5, 0.6) is 0 Å². The van der Waals surface area contributed by atoms with Gasteiger partial charge in [0.2, 0.25) is 0 Å². The van der Waals surface area contributed by atoms with E-state index in [1.807, 2.05) is 0 Å². The van der Waals surface area contributed by atoms with Gasteiger partial charge in [-0.15, -0.1) is 0 Å². The summed E-state index contributed by atoms with van der Waals surface area (Å²) < 4.78 is 0. The molecule has 0 unspecified atom stereocenters. The summed E-state index contributed by atoms with van der Waals surface area (Å²) in [6.07, 6.45) is 3.12. The van der Waals surface area contributed by atoms with E-state index in [4.69, 9.17) is 5.11 Å². The number of nitro groups is 1. The fourth-order valence-corrected chi connectivity index (χ4v) is 2.19. The van der Waals surface area contributed by atoms with Gasteiger partial charge in [-0.05, 0) is 43.7 Å². The maximum Gasteiger partial charge on any atom is 0.272 e. The Kier molecular flexibility index (Phi) is 3.52. The highest BCUT2D eigenvalue weighted by Crippen LogP contribution is 2.48. The number of nitro benzene ring substituents is 1. The van der Waals surface area contributed by atoms with Crippen molar-refractivity contribution in [2.45, 2.75) is 26.2 Å². The van der Waals surface area contributed by atoms with Crippen LogP contribution in [0.25, 0.3) is 0 Å². The highest BCUT2D eigenvalue weighted by atomic mass is 16.6. The monoisotopic (exact) mass is 250 g/mol. The molecule has 0 saturated heterocycles. The molecule has 2 rings (SSSR count). The number of nitrogens with one attached hydrogen (secondary N) is 1. The van der Waals surface area contributed by atoms with E-state index >= 15 is 0 Å². The Morgan fingerprint density at radius 2 is 2.22 bits per heavy atom. The quantitative estimate of drug-likeness (QED) is 0.600. The van der Waals surface area contributed by atoms with E-state index in [9.17, 15) is 10.1 Å². The average Bonchev–Trinajstić information content (AvgIpc) is 3.07. The summed E-state index contributed by atoms with van der Waals surface area (Å²) in [5, 5.41) is 23.0. The largest absolute Gasteiger partial charge is 0.396 e. The Hall–Kier alpha value is -1.62. The Labute approximate surface area is 106 Å². The van der Waals surface area contributed by atoms with Gasteiger partial charge in [0.05, 0.1) is 4.92 Å². The second-order valence-corrected chi connectivity index (χ2v) is 5.09. The fourth-order valence-electron chi connectivity index (χ4n) is 2.19. The van der Waals surface area contributed by atoms with Gasteiger partial charge in [0.1, 0.15) is 0 Å². The number of rotatable bonds is 6. The SMILES string of the molecule is Cc1cc(NCC2(CCO)CC2)ccc1[N+](=O)[O-].